The third-order valence-corrected chi connectivity index (χ3v) is 6.38. The maximum absolute atomic E-state index is 13.3. The summed E-state index contributed by atoms with van der Waals surface area (Å²) in [7, 11) is -2.24. The monoisotopic (exact) mass is 479 g/mol. The minimum absolute atomic E-state index is 0.113. The van der Waals surface area contributed by atoms with Crippen LogP contribution in [0.5, 0.6) is 0 Å². The molecule has 2 amide bonds. The fourth-order valence-electron chi connectivity index (χ4n) is 3.02. The van der Waals surface area contributed by atoms with E-state index in [2.05, 4.69) is 5.32 Å². The zero-order valence-electron chi connectivity index (χ0n) is 18.8. The number of carbonyl (C=O) groups excluding carboxylic acids is 2. The van der Waals surface area contributed by atoms with Gasteiger partial charge in [-0.2, -0.15) is 4.31 Å². The molecule has 0 radical (unpaired) electrons. The molecule has 0 aliphatic carbocycles. The van der Waals surface area contributed by atoms with E-state index in [0.717, 1.165) is 16.1 Å². The molecule has 0 heterocycles. The largest absolute Gasteiger partial charge is 0.354 e. The van der Waals surface area contributed by atoms with Gasteiger partial charge in [0.25, 0.3) is 0 Å². The molecule has 0 saturated carbocycles. The van der Waals surface area contributed by atoms with E-state index >= 15 is 0 Å². The Morgan fingerprint density at radius 2 is 1.62 bits per heavy atom. The van der Waals surface area contributed by atoms with Crippen molar-refractivity contribution in [2.45, 2.75) is 26.4 Å². The van der Waals surface area contributed by atoms with Gasteiger partial charge in [-0.1, -0.05) is 67.9 Å². The van der Waals surface area contributed by atoms with Crippen molar-refractivity contribution < 1.29 is 18.0 Å². The molecule has 2 aromatic carbocycles. The highest BCUT2D eigenvalue weighted by molar-refractivity contribution is 7.88. The van der Waals surface area contributed by atoms with E-state index < -0.39 is 22.0 Å². The van der Waals surface area contributed by atoms with Crippen molar-refractivity contribution in [1.29, 1.82) is 0 Å². The molecule has 0 bridgehead atoms. The number of nitrogens with one attached hydrogen (secondary N) is 1. The average molecular weight is 480 g/mol. The second-order valence-electron chi connectivity index (χ2n) is 8.12. The molecule has 2 aromatic rings. The van der Waals surface area contributed by atoms with Crippen LogP contribution in [0.3, 0.4) is 0 Å². The molecule has 0 aliphatic heterocycles. The molecule has 9 heteroatoms. The molecule has 1 N–H and O–H groups in total. The highest BCUT2D eigenvalue weighted by Crippen LogP contribution is 2.25. The maximum atomic E-state index is 13.3. The molecular weight excluding hydrogens is 450 g/mol. The van der Waals surface area contributed by atoms with Crippen LogP contribution < -0.4 is 5.32 Å². The number of amides is 2. The lowest BCUT2D eigenvalue weighted by molar-refractivity contribution is -0.141. The first kappa shape index (κ1) is 25.8. The van der Waals surface area contributed by atoms with Gasteiger partial charge in [-0.15, -0.1) is 0 Å². The van der Waals surface area contributed by atoms with Crippen molar-refractivity contribution in [1.82, 2.24) is 14.5 Å². The van der Waals surface area contributed by atoms with Crippen LogP contribution in [0.15, 0.2) is 54.6 Å². The molecule has 0 aromatic heterocycles. The lowest BCUT2D eigenvalue weighted by Crippen LogP contribution is -2.47. The number of sulfonamides is 1. The normalized spacial score (nSPS) is 12.6. The highest BCUT2D eigenvalue weighted by Gasteiger charge is 2.32. The Morgan fingerprint density at radius 3 is 2.16 bits per heavy atom. The second-order valence-corrected chi connectivity index (χ2v) is 10.6. The van der Waals surface area contributed by atoms with Crippen LogP contribution >= 0.6 is 11.6 Å². The van der Waals surface area contributed by atoms with Crippen LogP contribution in [0.4, 0.5) is 0 Å². The SMILES string of the molecule is CC(C)CNC(=O)C(c1ccccc1)N(Cc1ccc(Cl)cc1)C(=O)CN(C)S(C)(=O)=O. The zero-order valence-corrected chi connectivity index (χ0v) is 20.4. The lowest BCUT2D eigenvalue weighted by atomic mass is 10.0. The summed E-state index contributed by atoms with van der Waals surface area (Å²) in [5.74, 6) is -0.581. The summed E-state index contributed by atoms with van der Waals surface area (Å²) in [6.45, 7) is 4.15. The summed E-state index contributed by atoms with van der Waals surface area (Å²) in [5, 5.41) is 3.46. The number of rotatable bonds is 10. The Bertz CT molecular complexity index is 1010. The highest BCUT2D eigenvalue weighted by atomic mass is 35.5. The fourth-order valence-corrected chi connectivity index (χ4v) is 3.49. The van der Waals surface area contributed by atoms with Gasteiger partial charge in [0.15, 0.2) is 0 Å². The van der Waals surface area contributed by atoms with Crippen molar-refractivity contribution >= 4 is 33.4 Å². The van der Waals surface area contributed by atoms with Crippen LogP contribution in [-0.2, 0) is 26.2 Å². The topological polar surface area (TPSA) is 86.8 Å². The van der Waals surface area contributed by atoms with Crippen molar-refractivity contribution in [2.24, 2.45) is 5.92 Å². The Kier molecular flexibility index (Phi) is 9.24. The predicted octanol–water partition coefficient (Wildman–Crippen LogP) is 3.07. The number of benzene rings is 2. The fraction of sp³-hybridized carbons (Fsp3) is 0.391. The van der Waals surface area contributed by atoms with Crippen molar-refractivity contribution in [3.8, 4) is 0 Å². The molecule has 0 spiro atoms. The van der Waals surface area contributed by atoms with Crippen LogP contribution in [-0.4, -0.2) is 55.8 Å². The van der Waals surface area contributed by atoms with Crippen LogP contribution in [0.2, 0.25) is 5.02 Å². The molecule has 0 aliphatic rings. The summed E-state index contributed by atoms with van der Waals surface area (Å²) in [6, 6.07) is 15.0. The Morgan fingerprint density at radius 1 is 1.03 bits per heavy atom. The predicted molar refractivity (Wildman–Crippen MR) is 127 cm³/mol. The summed E-state index contributed by atoms with van der Waals surface area (Å²) >= 11 is 5.99. The Balaban J connectivity index is 2.47. The molecular formula is C23H30ClN3O4S. The third kappa shape index (κ3) is 7.62. The van der Waals surface area contributed by atoms with Crippen molar-refractivity contribution in [3.63, 3.8) is 0 Å². The number of nitrogens with zero attached hydrogens (tertiary/aromatic N) is 2. The zero-order chi connectivity index (χ0) is 23.9. The van der Waals surface area contributed by atoms with Crippen LogP contribution in [0.25, 0.3) is 0 Å². The first-order chi connectivity index (χ1) is 15.0. The summed E-state index contributed by atoms with van der Waals surface area (Å²) < 4.78 is 24.8. The number of hydrogen-bond donors (Lipinski definition) is 1. The molecule has 1 atom stereocenters. The van der Waals surface area contributed by atoms with Gasteiger partial charge in [0.05, 0.1) is 12.8 Å². The third-order valence-electron chi connectivity index (χ3n) is 4.87. The second kappa shape index (κ2) is 11.4. The molecule has 2 rings (SSSR count). The summed E-state index contributed by atoms with van der Waals surface area (Å²) in [4.78, 5) is 28.0. The quantitative estimate of drug-likeness (QED) is 0.567. The van der Waals surface area contributed by atoms with Crippen molar-refractivity contribution in [3.05, 3.63) is 70.7 Å². The molecule has 0 saturated heterocycles. The number of hydrogen-bond acceptors (Lipinski definition) is 4. The van der Waals surface area contributed by atoms with Crippen LogP contribution in [0, 0.1) is 5.92 Å². The van der Waals surface area contributed by atoms with Gasteiger partial charge >= 0.3 is 0 Å². The first-order valence-electron chi connectivity index (χ1n) is 10.3. The minimum Gasteiger partial charge on any atom is -0.354 e. The van der Waals surface area contributed by atoms with Gasteiger partial charge in [-0.05, 0) is 29.2 Å². The molecule has 1 unspecified atom stereocenters. The van der Waals surface area contributed by atoms with Gasteiger partial charge in [0.1, 0.15) is 6.04 Å². The smallest absolute Gasteiger partial charge is 0.247 e. The van der Waals surface area contributed by atoms with E-state index in [1.807, 2.05) is 19.9 Å². The number of likely N-dealkylation sites (N-methyl/N-ethyl adjacent to an activating group) is 1. The van der Waals surface area contributed by atoms with E-state index in [9.17, 15) is 18.0 Å². The van der Waals surface area contributed by atoms with Crippen LogP contribution in [0.1, 0.15) is 31.0 Å². The number of carbonyl (C=O) groups is 2. The van der Waals surface area contributed by atoms with E-state index in [0.29, 0.717) is 17.1 Å². The summed E-state index contributed by atoms with van der Waals surface area (Å²) in [5.41, 5.74) is 1.40. The van der Waals surface area contributed by atoms with E-state index in [1.165, 1.54) is 11.9 Å². The Hall–Kier alpha value is -2.42. The minimum atomic E-state index is -3.57. The average Bonchev–Trinajstić information content (AvgIpc) is 2.73. The molecule has 7 nitrogen and oxygen atoms in total. The Labute approximate surface area is 195 Å². The lowest BCUT2D eigenvalue weighted by Gasteiger charge is -2.32. The van der Waals surface area contributed by atoms with E-state index in [4.69, 9.17) is 11.6 Å². The molecule has 174 valence electrons. The standard InChI is InChI=1S/C23H30ClN3O4S/c1-17(2)14-25-23(29)22(19-8-6-5-7-9-19)27(15-18-10-12-20(24)13-11-18)21(28)16-26(3)32(4,30)31/h5-13,17,22H,14-16H2,1-4H3,(H,25,29). The molecule has 0 fully saturated rings. The van der Waals surface area contributed by atoms with E-state index in [-0.39, 0.29) is 24.9 Å². The van der Waals surface area contributed by atoms with Gasteiger partial charge in [0.2, 0.25) is 21.8 Å². The van der Waals surface area contributed by atoms with Gasteiger partial charge in [0, 0.05) is 25.2 Å². The molecule has 32 heavy (non-hydrogen) atoms. The number of halogens is 1. The van der Waals surface area contributed by atoms with E-state index in [1.54, 1.807) is 48.5 Å². The first-order valence-corrected chi connectivity index (χ1v) is 12.5. The van der Waals surface area contributed by atoms with Gasteiger partial charge in [-0.3, -0.25) is 9.59 Å². The maximum Gasteiger partial charge on any atom is 0.247 e. The summed E-state index contributed by atoms with van der Waals surface area (Å²) in [6.07, 6.45) is 1.04. The van der Waals surface area contributed by atoms with Gasteiger partial charge in [-0.25, -0.2) is 8.42 Å². The van der Waals surface area contributed by atoms with Gasteiger partial charge < -0.3 is 10.2 Å². The van der Waals surface area contributed by atoms with Crippen molar-refractivity contribution in [2.75, 3.05) is 26.4 Å².